The molecule has 0 radical (unpaired) electrons. The average molecular weight is 214 g/mol. The van der Waals surface area contributed by atoms with Gasteiger partial charge in [-0.15, -0.1) is 0 Å². The molecule has 1 fully saturated rings. The highest BCUT2D eigenvalue weighted by Gasteiger charge is 2.45. The molecule has 0 aromatic heterocycles. The third-order valence-corrected chi connectivity index (χ3v) is 2.69. The fraction of sp³-hybridized carbons (Fsp3) is 0.455. The summed E-state index contributed by atoms with van der Waals surface area (Å²) in [6, 6.07) is 2.56. The summed E-state index contributed by atoms with van der Waals surface area (Å²) in [6.07, 6.45) is 1.14. The molecule has 1 aromatic rings. The van der Waals surface area contributed by atoms with Crippen LogP contribution < -0.4 is 4.74 Å². The van der Waals surface area contributed by atoms with Gasteiger partial charge in [0.05, 0.1) is 12.7 Å². The lowest BCUT2D eigenvalue weighted by Gasteiger charge is -2.15. The first-order chi connectivity index (χ1) is 7.10. The van der Waals surface area contributed by atoms with Gasteiger partial charge in [0.15, 0.2) is 11.6 Å². The second kappa shape index (κ2) is 3.45. The number of aliphatic hydroxyl groups is 1. The molecule has 1 N–H and O–H groups in total. The molecule has 82 valence electrons. The monoisotopic (exact) mass is 214 g/mol. The molecule has 1 aromatic carbocycles. The molecule has 0 spiro atoms. The standard InChI is InChI=1S/C11H12F2O2/c1-15-10-8(11(14)2-3-11)4-7(6-12)5-9(10)13/h4-5,14H,2-3,6H2,1H3. The van der Waals surface area contributed by atoms with Crippen molar-refractivity contribution in [2.75, 3.05) is 7.11 Å². The van der Waals surface area contributed by atoms with Crippen LogP contribution in [0.25, 0.3) is 0 Å². The number of benzene rings is 1. The molecular weight excluding hydrogens is 202 g/mol. The zero-order valence-corrected chi connectivity index (χ0v) is 8.39. The van der Waals surface area contributed by atoms with Crippen LogP contribution in [0.4, 0.5) is 8.78 Å². The topological polar surface area (TPSA) is 29.5 Å². The molecule has 0 aliphatic heterocycles. The third-order valence-electron chi connectivity index (χ3n) is 2.69. The Balaban J connectivity index is 2.53. The average Bonchev–Trinajstić information content (AvgIpc) is 2.96. The van der Waals surface area contributed by atoms with E-state index >= 15 is 0 Å². The number of rotatable bonds is 3. The molecular formula is C11H12F2O2. The molecule has 2 rings (SSSR count). The Morgan fingerprint density at radius 1 is 1.47 bits per heavy atom. The predicted molar refractivity (Wildman–Crippen MR) is 50.9 cm³/mol. The van der Waals surface area contributed by atoms with Crippen molar-refractivity contribution in [3.8, 4) is 5.75 Å². The zero-order valence-electron chi connectivity index (χ0n) is 8.39. The minimum atomic E-state index is -1.02. The normalized spacial score (nSPS) is 17.6. The van der Waals surface area contributed by atoms with Crippen LogP contribution >= 0.6 is 0 Å². The number of ether oxygens (including phenoxy) is 1. The van der Waals surface area contributed by atoms with Crippen LogP contribution in [0, 0.1) is 5.82 Å². The molecule has 4 heteroatoms. The van der Waals surface area contributed by atoms with Crippen LogP contribution in [0.15, 0.2) is 12.1 Å². The minimum absolute atomic E-state index is 0.0206. The summed E-state index contributed by atoms with van der Waals surface area (Å²) < 4.78 is 30.8. The number of hydrogen-bond donors (Lipinski definition) is 1. The lowest BCUT2D eigenvalue weighted by Crippen LogP contribution is -2.09. The summed E-state index contributed by atoms with van der Waals surface area (Å²) >= 11 is 0. The maximum atomic E-state index is 13.5. The zero-order chi connectivity index (χ0) is 11.1. The van der Waals surface area contributed by atoms with E-state index in [0.29, 0.717) is 18.4 Å². The lowest BCUT2D eigenvalue weighted by atomic mass is 10.0. The van der Waals surface area contributed by atoms with Gasteiger partial charge in [-0.3, -0.25) is 0 Å². The summed E-state index contributed by atoms with van der Waals surface area (Å²) in [4.78, 5) is 0. The molecule has 0 bridgehead atoms. The van der Waals surface area contributed by atoms with Crippen LogP contribution in [0.5, 0.6) is 5.75 Å². The van der Waals surface area contributed by atoms with Gasteiger partial charge in [0, 0.05) is 5.56 Å². The molecule has 0 heterocycles. The highest BCUT2D eigenvalue weighted by Crippen LogP contribution is 2.49. The highest BCUT2D eigenvalue weighted by atomic mass is 19.1. The van der Waals surface area contributed by atoms with Gasteiger partial charge >= 0.3 is 0 Å². The Bertz CT molecular complexity index is 386. The SMILES string of the molecule is COc1c(F)cc(CF)cc1C1(O)CC1. The van der Waals surface area contributed by atoms with Crippen molar-refractivity contribution in [1.82, 2.24) is 0 Å². The van der Waals surface area contributed by atoms with Gasteiger partial charge in [-0.1, -0.05) is 0 Å². The Morgan fingerprint density at radius 3 is 2.60 bits per heavy atom. The number of halogens is 2. The Morgan fingerprint density at radius 2 is 2.13 bits per heavy atom. The first-order valence-corrected chi connectivity index (χ1v) is 4.76. The van der Waals surface area contributed by atoms with E-state index in [1.807, 2.05) is 0 Å². The molecule has 0 unspecified atom stereocenters. The van der Waals surface area contributed by atoms with Crippen molar-refractivity contribution >= 4 is 0 Å². The Kier molecular flexibility index (Phi) is 2.38. The van der Waals surface area contributed by atoms with E-state index in [1.165, 1.54) is 13.2 Å². The van der Waals surface area contributed by atoms with Gasteiger partial charge in [0.25, 0.3) is 0 Å². The Hall–Kier alpha value is -1.16. The van der Waals surface area contributed by atoms with Gasteiger partial charge in [-0.05, 0) is 30.5 Å². The lowest BCUT2D eigenvalue weighted by molar-refractivity contribution is 0.146. The van der Waals surface area contributed by atoms with E-state index < -0.39 is 18.1 Å². The summed E-state index contributed by atoms with van der Waals surface area (Å²) in [5.41, 5.74) is -0.432. The summed E-state index contributed by atoms with van der Waals surface area (Å²) in [5.74, 6) is -0.602. The van der Waals surface area contributed by atoms with E-state index in [9.17, 15) is 13.9 Å². The molecule has 0 atom stereocenters. The maximum Gasteiger partial charge on any atom is 0.165 e. The van der Waals surface area contributed by atoms with Gasteiger partial charge in [-0.2, -0.15) is 0 Å². The maximum absolute atomic E-state index is 13.5. The van der Waals surface area contributed by atoms with Crippen LogP contribution in [-0.2, 0) is 12.3 Å². The molecule has 1 aliphatic rings. The fourth-order valence-corrected chi connectivity index (χ4v) is 1.67. The predicted octanol–water partition coefficient (Wildman–Crippen LogP) is 2.29. The molecule has 0 amide bonds. The summed E-state index contributed by atoms with van der Waals surface area (Å²) in [7, 11) is 1.34. The van der Waals surface area contributed by atoms with Crippen molar-refractivity contribution in [1.29, 1.82) is 0 Å². The van der Waals surface area contributed by atoms with Crippen LogP contribution in [-0.4, -0.2) is 12.2 Å². The van der Waals surface area contributed by atoms with E-state index in [1.54, 1.807) is 0 Å². The number of methoxy groups -OCH3 is 1. The smallest absolute Gasteiger partial charge is 0.165 e. The second-order valence-electron chi connectivity index (χ2n) is 3.82. The number of alkyl halides is 1. The van der Waals surface area contributed by atoms with Crippen molar-refractivity contribution in [3.63, 3.8) is 0 Å². The van der Waals surface area contributed by atoms with E-state index in [2.05, 4.69) is 0 Å². The fourth-order valence-electron chi connectivity index (χ4n) is 1.67. The van der Waals surface area contributed by atoms with E-state index in [-0.39, 0.29) is 11.3 Å². The Labute approximate surface area is 86.5 Å². The molecule has 1 saturated carbocycles. The van der Waals surface area contributed by atoms with Crippen LogP contribution in [0.2, 0.25) is 0 Å². The minimum Gasteiger partial charge on any atom is -0.493 e. The van der Waals surface area contributed by atoms with Crippen molar-refractivity contribution in [2.45, 2.75) is 25.1 Å². The van der Waals surface area contributed by atoms with Gasteiger partial charge in [0.1, 0.15) is 6.67 Å². The van der Waals surface area contributed by atoms with Crippen molar-refractivity contribution in [3.05, 3.63) is 29.1 Å². The van der Waals surface area contributed by atoms with Crippen LogP contribution in [0.3, 0.4) is 0 Å². The van der Waals surface area contributed by atoms with Gasteiger partial charge in [0.2, 0.25) is 0 Å². The van der Waals surface area contributed by atoms with Crippen molar-refractivity contribution < 1.29 is 18.6 Å². The molecule has 15 heavy (non-hydrogen) atoms. The quantitative estimate of drug-likeness (QED) is 0.836. The molecule has 0 saturated heterocycles. The van der Waals surface area contributed by atoms with Crippen molar-refractivity contribution in [2.24, 2.45) is 0 Å². The number of hydrogen-bond acceptors (Lipinski definition) is 2. The first-order valence-electron chi connectivity index (χ1n) is 4.76. The van der Waals surface area contributed by atoms with Crippen LogP contribution in [0.1, 0.15) is 24.0 Å². The summed E-state index contributed by atoms with van der Waals surface area (Å²) in [6.45, 7) is -0.746. The molecule has 2 nitrogen and oxygen atoms in total. The van der Waals surface area contributed by atoms with E-state index in [0.717, 1.165) is 6.07 Å². The van der Waals surface area contributed by atoms with Gasteiger partial charge < -0.3 is 9.84 Å². The highest BCUT2D eigenvalue weighted by molar-refractivity contribution is 5.44. The summed E-state index contributed by atoms with van der Waals surface area (Å²) in [5, 5.41) is 9.89. The first kappa shape index (κ1) is 10.4. The largest absolute Gasteiger partial charge is 0.493 e. The van der Waals surface area contributed by atoms with Gasteiger partial charge in [-0.25, -0.2) is 8.78 Å². The van der Waals surface area contributed by atoms with E-state index in [4.69, 9.17) is 4.74 Å². The third kappa shape index (κ3) is 1.69. The second-order valence-corrected chi connectivity index (χ2v) is 3.82. The molecule has 1 aliphatic carbocycles.